The Kier molecular flexibility index (Phi) is 3.85. The SMILES string of the molecule is CCOc1cc([C@H](N)C(F)F)ccc1O. The number of aromatic hydroxyl groups is 1. The minimum atomic E-state index is -2.64. The fourth-order valence-electron chi connectivity index (χ4n) is 1.15. The summed E-state index contributed by atoms with van der Waals surface area (Å²) >= 11 is 0. The van der Waals surface area contributed by atoms with Gasteiger partial charge in [-0.15, -0.1) is 0 Å². The average Bonchev–Trinajstić information content (AvgIpc) is 2.20. The lowest BCUT2D eigenvalue weighted by atomic mass is 10.1. The summed E-state index contributed by atoms with van der Waals surface area (Å²) < 4.78 is 29.7. The molecule has 3 N–H and O–H groups in total. The number of alkyl halides is 2. The van der Waals surface area contributed by atoms with Crippen LogP contribution in [0.2, 0.25) is 0 Å². The van der Waals surface area contributed by atoms with Crippen molar-refractivity contribution in [2.45, 2.75) is 19.4 Å². The molecule has 0 spiro atoms. The summed E-state index contributed by atoms with van der Waals surface area (Å²) in [6.07, 6.45) is -2.64. The Hall–Kier alpha value is -1.36. The third-order valence-electron chi connectivity index (χ3n) is 1.94. The maximum atomic E-state index is 12.3. The number of rotatable bonds is 4. The standard InChI is InChI=1S/C10H13F2NO2/c1-2-15-8-5-6(3-4-7(8)14)9(13)10(11)12/h3-5,9-10,14H,2,13H2,1H3/t9-/m0/s1. The first-order valence-corrected chi connectivity index (χ1v) is 4.55. The number of phenols is 1. The van der Waals surface area contributed by atoms with Crippen molar-refractivity contribution < 1.29 is 18.6 Å². The predicted octanol–water partition coefficient (Wildman–Crippen LogP) is 2.06. The Bertz CT molecular complexity index is 331. The molecule has 1 aromatic carbocycles. The molecule has 0 aliphatic heterocycles. The van der Waals surface area contributed by atoms with Gasteiger partial charge < -0.3 is 15.6 Å². The molecule has 0 saturated heterocycles. The van der Waals surface area contributed by atoms with Crippen molar-refractivity contribution in [1.29, 1.82) is 0 Å². The number of hydrogen-bond donors (Lipinski definition) is 2. The fraction of sp³-hybridized carbons (Fsp3) is 0.400. The minimum Gasteiger partial charge on any atom is -0.504 e. The smallest absolute Gasteiger partial charge is 0.257 e. The first-order valence-electron chi connectivity index (χ1n) is 4.55. The predicted molar refractivity (Wildman–Crippen MR) is 52.2 cm³/mol. The summed E-state index contributed by atoms with van der Waals surface area (Å²) in [5.41, 5.74) is 5.51. The second kappa shape index (κ2) is 4.93. The van der Waals surface area contributed by atoms with Crippen LogP contribution >= 0.6 is 0 Å². The Morgan fingerprint density at radius 2 is 2.13 bits per heavy atom. The zero-order valence-electron chi connectivity index (χ0n) is 8.28. The van der Waals surface area contributed by atoms with Crippen LogP contribution in [-0.2, 0) is 0 Å². The number of phenolic OH excluding ortho intramolecular Hbond substituents is 1. The quantitative estimate of drug-likeness (QED) is 0.811. The van der Waals surface area contributed by atoms with Crippen LogP contribution in [0.1, 0.15) is 18.5 Å². The van der Waals surface area contributed by atoms with E-state index in [1.54, 1.807) is 6.92 Å². The van der Waals surface area contributed by atoms with E-state index in [1.807, 2.05) is 0 Å². The third-order valence-corrected chi connectivity index (χ3v) is 1.94. The summed E-state index contributed by atoms with van der Waals surface area (Å²) in [4.78, 5) is 0. The van der Waals surface area contributed by atoms with Crippen LogP contribution in [-0.4, -0.2) is 18.1 Å². The monoisotopic (exact) mass is 217 g/mol. The topological polar surface area (TPSA) is 55.5 Å². The third kappa shape index (κ3) is 2.79. The molecule has 0 aromatic heterocycles. The lowest BCUT2D eigenvalue weighted by molar-refractivity contribution is 0.116. The second-order valence-electron chi connectivity index (χ2n) is 3.02. The molecular formula is C10H13F2NO2. The Labute approximate surface area is 86.5 Å². The summed E-state index contributed by atoms with van der Waals surface area (Å²) in [5.74, 6) is 0.0909. The summed E-state index contributed by atoms with van der Waals surface area (Å²) in [7, 11) is 0. The molecule has 0 heterocycles. The number of benzene rings is 1. The first kappa shape index (κ1) is 11.7. The maximum Gasteiger partial charge on any atom is 0.257 e. The summed E-state index contributed by atoms with van der Waals surface area (Å²) in [6, 6.07) is 2.62. The Morgan fingerprint density at radius 1 is 1.47 bits per heavy atom. The highest BCUT2D eigenvalue weighted by molar-refractivity contribution is 5.42. The molecular weight excluding hydrogens is 204 g/mol. The van der Waals surface area contributed by atoms with Gasteiger partial charge in [0.15, 0.2) is 11.5 Å². The molecule has 1 atom stereocenters. The van der Waals surface area contributed by atoms with Crippen molar-refractivity contribution in [3.05, 3.63) is 23.8 Å². The van der Waals surface area contributed by atoms with Gasteiger partial charge in [0.25, 0.3) is 6.43 Å². The molecule has 15 heavy (non-hydrogen) atoms. The molecule has 1 aromatic rings. The minimum absolute atomic E-state index is 0.0814. The molecule has 0 unspecified atom stereocenters. The second-order valence-corrected chi connectivity index (χ2v) is 3.02. The molecule has 0 saturated carbocycles. The van der Waals surface area contributed by atoms with Crippen molar-refractivity contribution in [3.8, 4) is 11.5 Å². The van der Waals surface area contributed by atoms with Crippen molar-refractivity contribution in [2.24, 2.45) is 5.73 Å². The normalized spacial score (nSPS) is 12.9. The van der Waals surface area contributed by atoms with E-state index in [2.05, 4.69) is 0 Å². The van der Waals surface area contributed by atoms with Crippen LogP contribution in [0, 0.1) is 0 Å². The lowest BCUT2D eigenvalue weighted by Crippen LogP contribution is -2.18. The highest BCUT2D eigenvalue weighted by atomic mass is 19.3. The van der Waals surface area contributed by atoms with E-state index >= 15 is 0 Å². The van der Waals surface area contributed by atoms with Crippen LogP contribution in [0.15, 0.2) is 18.2 Å². The van der Waals surface area contributed by atoms with Gasteiger partial charge in [0.1, 0.15) is 0 Å². The van der Waals surface area contributed by atoms with Gasteiger partial charge in [-0.1, -0.05) is 6.07 Å². The van der Waals surface area contributed by atoms with Crippen LogP contribution in [0.4, 0.5) is 8.78 Å². The molecule has 0 aliphatic carbocycles. The highest BCUT2D eigenvalue weighted by Gasteiger charge is 2.18. The molecule has 0 amide bonds. The van der Waals surface area contributed by atoms with Crippen molar-refractivity contribution >= 4 is 0 Å². The number of ether oxygens (including phenoxy) is 1. The molecule has 0 bridgehead atoms. The molecule has 0 fully saturated rings. The van der Waals surface area contributed by atoms with Gasteiger partial charge in [-0.2, -0.15) is 0 Å². The number of hydrogen-bond acceptors (Lipinski definition) is 3. The Morgan fingerprint density at radius 3 is 2.67 bits per heavy atom. The van der Waals surface area contributed by atoms with E-state index in [1.165, 1.54) is 18.2 Å². The highest BCUT2D eigenvalue weighted by Crippen LogP contribution is 2.30. The van der Waals surface area contributed by atoms with Crippen LogP contribution in [0.3, 0.4) is 0 Å². The van der Waals surface area contributed by atoms with Crippen molar-refractivity contribution in [2.75, 3.05) is 6.61 Å². The van der Waals surface area contributed by atoms with E-state index in [9.17, 15) is 13.9 Å². The number of nitrogens with two attached hydrogens (primary N) is 1. The van der Waals surface area contributed by atoms with Gasteiger partial charge in [0.05, 0.1) is 12.6 Å². The largest absolute Gasteiger partial charge is 0.504 e. The van der Waals surface area contributed by atoms with Crippen LogP contribution in [0.5, 0.6) is 11.5 Å². The maximum absolute atomic E-state index is 12.3. The van der Waals surface area contributed by atoms with Gasteiger partial charge in [0, 0.05) is 0 Å². The molecule has 5 heteroatoms. The zero-order valence-corrected chi connectivity index (χ0v) is 8.28. The molecule has 0 aliphatic rings. The van der Waals surface area contributed by atoms with Gasteiger partial charge in [0.2, 0.25) is 0 Å². The Balaban J connectivity index is 2.96. The summed E-state index contributed by atoms with van der Waals surface area (Å²) in [5, 5.41) is 9.33. The molecule has 3 nitrogen and oxygen atoms in total. The van der Waals surface area contributed by atoms with Crippen molar-refractivity contribution in [1.82, 2.24) is 0 Å². The van der Waals surface area contributed by atoms with Gasteiger partial charge in [-0.05, 0) is 24.6 Å². The van der Waals surface area contributed by atoms with Gasteiger partial charge in [-0.25, -0.2) is 8.78 Å². The number of halogens is 2. The fourth-order valence-corrected chi connectivity index (χ4v) is 1.15. The van der Waals surface area contributed by atoms with E-state index in [4.69, 9.17) is 10.5 Å². The molecule has 84 valence electrons. The molecule has 1 rings (SSSR count). The summed E-state index contributed by atoms with van der Waals surface area (Å²) in [6.45, 7) is 2.08. The van der Waals surface area contributed by atoms with Gasteiger partial charge in [-0.3, -0.25) is 0 Å². The van der Waals surface area contributed by atoms with E-state index in [-0.39, 0.29) is 17.1 Å². The lowest BCUT2D eigenvalue weighted by Gasteiger charge is -2.13. The van der Waals surface area contributed by atoms with Gasteiger partial charge >= 0.3 is 0 Å². The van der Waals surface area contributed by atoms with E-state index in [0.29, 0.717) is 6.61 Å². The van der Waals surface area contributed by atoms with Crippen LogP contribution < -0.4 is 10.5 Å². The molecule has 0 radical (unpaired) electrons. The van der Waals surface area contributed by atoms with Crippen LogP contribution in [0.25, 0.3) is 0 Å². The van der Waals surface area contributed by atoms with E-state index < -0.39 is 12.5 Å². The first-order chi connectivity index (χ1) is 7.06. The zero-order chi connectivity index (χ0) is 11.4. The average molecular weight is 217 g/mol. The van der Waals surface area contributed by atoms with Crippen molar-refractivity contribution in [3.63, 3.8) is 0 Å². The van der Waals surface area contributed by atoms with E-state index in [0.717, 1.165) is 0 Å².